The van der Waals surface area contributed by atoms with E-state index in [-0.39, 0.29) is 27.1 Å². The van der Waals surface area contributed by atoms with Gasteiger partial charge in [-0.15, -0.1) is 0 Å². The van der Waals surface area contributed by atoms with E-state index < -0.39 is 5.41 Å². The van der Waals surface area contributed by atoms with Gasteiger partial charge in [0.05, 0.1) is 21.7 Å². The van der Waals surface area contributed by atoms with Gasteiger partial charge in [0, 0.05) is 102 Å². The number of anilines is 8. The Morgan fingerprint density at radius 3 is 0.597 bits per heavy atom. The maximum atomic E-state index is 6.35. The van der Waals surface area contributed by atoms with E-state index in [2.05, 4.69) is 531 Å². The predicted molar refractivity (Wildman–Crippen MR) is 536 cm³/mol. The van der Waals surface area contributed by atoms with E-state index in [0.717, 1.165) is 11.5 Å². The molecule has 0 unspecified atom stereocenters. The minimum Gasteiger partial charge on any atom is -0.457 e. The molecule has 18 aromatic rings. The Balaban J connectivity index is 0.0000000987. The van der Waals surface area contributed by atoms with E-state index in [0.29, 0.717) is 5.92 Å². The molecule has 5 aliphatic heterocycles. The highest BCUT2D eigenvalue weighted by Gasteiger charge is 2.55. The van der Waals surface area contributed by atoms with Gasteiger partial charge in [-0.1, -0.05) is 435 Å². The molecule has 0 aromatic heterocycles. The number of hydrogen-bond acceptors (Lipinski definition) is 5. The van der Waals surface area contributed by atoms with Crippen LogP contribution in [0.4, 0.5) is 45.5 Å². The van der Waals surface area contributed by atoms with Crippen LogP contribution in [0.2, 0.25) is 0 Å². The number of ether oxygens (including phenoxy) is 1. The number of hydrogen-bond donors (Lipinski definition) is 0. The first-order chi connectivity index (χ1) is 63.2. The summed E-state index contributed by atoms with van der Waals surface area (Å²) in [5.41, 5.74) is 38.5. The van der Waals surface area contributed by atoms with Gasteiger partial charge in [-0.2, -0.15) is 0 Å². The van der Waals surface area contributed by atoms with Gasteiger partial charge in [0.2, 0.25) is 0 Å². The lowest BCUT2D eigenvalue weighted by Gasteiger charge is -2.52. The first-order valence-corrected chi connectivity index (χ1v) is 45.4. The zero-order chi connectivity index (χ0) is 87.8. The quantitative estimate of drug-likeness (QED) is 0.175. The van der Waals surface area contributed by atoms with Gasteiger partial charge in [0.1, 0.15) is 11.5 Å². The summed E-state index contributed by atoms with van der Waals surface area (Å²) in [6.45, 7) is 11.7. The highest BCUT2D eigenvalue weighted by molar-refractivity contribution is 5.90. The Morgan fingerprint density at radius 1 is 0.171 bits per heavy atom. The molecular formula is C124H104N4O. The molecule has 0 saturated carbocycles. The van der Waals surface area contributed by atoms with Crippen molar-refractivity contribution in [1.29, 1.82) is 0 Å². The number of fused-ring (bicyclic) bond motifs is 22. The molecule has 5 heteroatoms. The lowest BCUT2D eigenvalue weighted by atomic mass is 9.53. The third kappa shape index (κ3) is 12.4. The molecule has 0 saturated heterocycles. The Kier molecular flexibility index (Phi) is 20.4. The van der Waals surface area contributed by atoms with Crippen LogP contribution in [0.15, 0.2) is 461 Å². The molecule has 0 fully saturated rings. The lowest BCUT2D eigenvalue weighted by Crippen LogP contribution is -2.45. The number of para-hydroxylation sites is 10. The van der Waals surface area contributed by atoms with Crippen molar-refractivity contribution in [3.8, 4) is 11.5 Å². The van der Waals surface area contributed by atoms with E-state index >= 15 is 0 Å². The van der Waals surface area contributed by atoms with Crippen molar-refractivity contribution in [3.63, 3.8) is 0 Å². The fourth-order valence-electron chi connectivity index (χ4n) is 23.5. The number of rotatable bonds is 4. The van der Waals surface area contributed by atoms with Gasteiger partial charge >= 0.3 is 0 Å². The second-order valence-electron chi connectivity index (χ2n) is 36.2. The fraction of sp³-hybridized carbons (Fsp3) is 0.129. The van der Waals surface area contributed by atoms with Crippen LogP contribution >= 0.6 is 0 Å². The number of nitrogens with zero attached hydrogens (tertiary/aromatic N) is 4. The van der Waals surface area contributed by atoms with Gasteiger partial charge in [-0.05, 0) is 172 Å². The molecule has 2 aliphatic carbocycles. The van der Waals surface area contributed by atoms with E-state index in [1.165, 1.54) is 168 Å². The summed E-state index contributed by atoms with van der Waals surface area (Å²) in [4.78, 5) is 9.28. The molecule has 7 aliphatic rings. The first kappa shape index (κ1) is 81.0. The van der Waals surface area contributed by atoms with Gasteiger partial charge in [0.25, 0.3) is 0 Å². The van der Waals surface area contributed by atoms with Gasteiger partial charge < -0.3 is 24.3 Å². The van der Waals surface area contributed by atoms with Crippen molar-refractivity contribution < 1.29 is 4.74 Å². The van der Waals surface area contributed by atoms with Crippen molar-refractivity contribution in [3.05, 3.63) is 583 Å². The average Bonchev–Trinajstić information content (AvgIpc) is 0.676. The Bertz CT molecular complexity index is 6630. The molecular weight excluding hydrogens is 1560 g/mol. The lowest BCUT2D eigenvalue weighted by molar-refractivity contribution is 0.434. The molecule has 2 spiro atoms. The smallest absolute Gasteiger partial charge is 0.132 e. The average molecular weight is 1670 g/mol. The van der Waals surface area contributed by atoms with Crippen LogP contribution in [0.25, 0.3) is 0 Å². The zero-order valence-electron chi connectivity index (χ0n) is 74.7. The van der Waals surface area contributed by atoms with Crippen molar-refractivity contribution in [1.82, 2.24) is 0 Å². The maximum absolute atomic E-state index is 6.35. The summed E-state index contributed by atoms with van der Waals surface area (Å²) in [6, 6.07) is 167. The van der Waals surface area contributed by atoms with Crippen LogP contribution in [-0.4, -0.2) is 28.2 Å². The van der Waals surface area contributed by atoms with Gasteiger partial charge in [0.15, 0.2) is 0 Å². The molecule has 0 atom stereocenters. The van der Waals surface area contributed by atoms with Crippen molar-refractivity contribution >= 4 is 45.5 Å². The second kappa shape index (κ2) is 32.4. The Labute approximate surface area is 760 Å². The standard InChI is InChI=1S/C29H25N.C26H19NO.2C26H21N.C17H18/c1-28(2)20-12-4-6-14-22(20)29(23-15-7-5-13-21(23)28)24-16-8-10-18-26(24)30(3)27-19-11-9-17-25(27)29;1-27-22-14-6-2-10-18(22)26(19-11-3-7-15-23(19)27)20-12-4-8-16-24(20)28-25-17-9-5-13-21(25)26;2*1-27-24-18-10-8-16-22(24)26(20-12-4-2-5-13-20,21-14-6-3-7-15-21)23-17-9-11-19-25(23)27;1-12-13-8-4-6-10-15(13)17(2,3)16-11-7-5-9-14(12)16/h4-19H,1-3H3;2-17H,1H3;2*2-19H,1H3;4-12H,1-3H3. The Hall–Kier alpha value is -15.0. The topological polar surface area (TPSA) is 22.2 Å². The monoisotopic (exact) mass is 1660 g/mol. The van der Waals surface area contributed by atoms with E-state index in [4.69, 9.17) is 4.74 Å². The highest BCUT2D eigenvalue weighted by Crippen LogP contribution is 2.65. The van der Waals surface area contributed by atoms with Crippen LogP contribution in [-0.2, 0) is 32.5 Å². The molecule has 0 N–H and O–H groups in total. The third-order valence-corrected chi connectivity index (χ3v) is 29.2. The summed E-state index contributed by atoms with van der Waals surface area (Å²) in [5, 5.41) is 0. The largest absolute Gasteiger partial charge is 0.457 e. The predicted octanol–water partition coefficient (Wildman–Crippen LogP) is 29.8. The van der Waals surface area contributed by atoms with Crippen LogP contribution in [0, 0.1) is 0 Å². The Morgan fingerprint density at radius 2 is 0.341 bits per heavy atom. The SMILES string of the molecule is CC1c2ccccc2C(C)(C)c2ccccc21.CN1c2ccccc2C(c2ccccc2)(c2ccccc2)c2ccccc21.CN1c2ccccc2C(c2ccccc2)(c2ccccc2)c2ccccc21.CN1c2ccccc2C2(c3ccccc31)c1ccccc1C(C)(C)c1ccccc12.CN1c2ccccc2C2(c3ccccc3Oc3ccccc32)c2ccccc21. The van der Waals surface area contributed by atoms with Gasteiger partial charge in [-0.3, -0.25) is 0 Å². The maximum Gasteiger partial charge on any atom is 0.132 e. The van der Waals surface area contributed by atoms with Crippen molar-refractivity contribution in [2.75, 3.05) is 47.8 Å². The third-order valence-electron chi connectivity index (χ3n) is 29.2. The van der Waals surface area contributed by atoms with Crippen LogP contribution in [0.3, 0.4) is 0 Å². The molecule has 18 aromatic carbocycles. The summed E-state index contributed by atoms with van der Waals surface area (Å²) in [7, 11) is 8.67. The number of benzene rings is 18. The normalized spacial score (nSPS) is 15.5. The highest BCUT2D eigenvalue weighted by atomic mass is 16.5. The van der Waals surface area contributed by atoms with Crippen molar-refractivity contribution in [2.24, 2.45) is 0 Å². The summed E-state index contributed by atoms with van der Waals surface area (Å²) in [6.07, 6.45) is 0. The molecule has 25 rings (SSSR count). The molecule has 626 valence electrons. The molecule has 0 radical (unpaired) electrons. The minimum atomic E-state index is -0.398. The van der Waals surface area contributed by atoms with Crippen LogP contribution in [0.1, 0.15) is 163 Å². The molecule has 129 heavy (non-hydrogen) atoms. The van der Waals surface area contributed by atoms with E-state index in [9.17, 15) is 0 Å². The van der Waals surface area contributed by atoms with Crippen LogP contribution < -0.4 is 24.3 Å². The fourth-order valence-corrected chi connectivity index (χ4v) is 23.5. The van der Waals surface area contributed by atoms with Crippen molar-refractivity contribution in [2.45, 2.75) is 73.0 Å². The summed E-state index contributed by atoms with van der Waals surface area (Å²) >= 11 is 0. The first-order valence-electron chi connectivity index (χ1n) is 45.4. The molecule has 5 nitrogen and oxygen atoms in total. The van der Waals surface area contributed by atoms with E-state index in [1.807, 2.05) is 12.1 Å². The minimum absolute atomic E-state index is 0.0499. The van der Waals surface area contributed by atoms with Crippen LogP contribution in [0.5, 0.6) is 11.5 Å². The molecule has 0 amide bonds. The molecule has 0 bridgehead atoms. The van der Waals surface area contributed by atoms with Gasteiger partial charge in [-0.25, -0.2) is 0 Å². The summed E-state index contributed by atoms with van der Waals surface area (Å²) < 4.78 is 6.35. The second-order valence-corrected chi connectivity index (χ2v) is 36.2. The summed E-state index contributed by atoms with van der Waals surface area (Å²) in [5.74, 6) is 2.36. The molecule has 5 heterocycles. The zero-order valence-corrected chi connectivity index (χ0v) is 74.7. The van der Waals surface area contributed by atoms with E-state index in [1.54, 1.807) is 0 Å².